The standard InChI is InChI=1S/C17H23N2O6P/c1-5-18-15(25-26(22,23-6-2)24-7-3)12(4)19-16(20)13-10-8-9-11-14(13)17(19)21/h8-12H,5-7H2,1-4H3. The monoisotopic (exact) mass is 382 g/mol. The van der Waals surface area contributed by atoms with Gasteiger partial charge in [0.15, 0.2) is 0 Å². The number of fused-ring (bicyclic) bond motifs is 1. The predicted octanol–water partition coefficient (Wildman–Crippen LogP) is 3.29. The van der Waals surface area contributed by atoms with E-state index in [-0.39, 0.29) is 19.1 Å². The number of rotatable bonds is 8. The summed E-state index contributed by atoms with van der Waals surface area (Å²) in [6.07, 6.45) is 0. The summed E-state index contributed by atoms with van der Waals surface area (Å²) in [6.45, 7) is 7.17. The van der Waals surface area contributed by atoms with Crippen LogP contribution in [0.5, 0.6) is 0 Å². The highest BCUT2D eigenvalue weighted by Crippen LogP contribution is 2.50. The van der Waals surface area contributed by atoms with E-state index in [0.29, 0.717) is 17.7 Å². The molecule has 26 heavy (non-hydrogen) atoms. The average molecular weight is 382 g/mol. The lowest BCUT2D eigenvalue weighted by Gasteiger charge is -2.26. The molecule has 2 rings (SSSR count). The Bertz CT molecular complexity index is 718. The first-order chi connectivity index (χ1) is 12.4. The summed E-state index contributed by atoms with van der Waals surface area (Å²) in [6, 6.07) is 5.69. The largest absolute Gasteiger partial charge is 0.531 e. The fraction of sp³-hybridized carbons (Fsp3) is 0.471. The third-order valence-electron chi connectivity index (χ3n) is 3.66. The van der Waals surface area contributed by atoms with Crippen LogP contribution in [-0.2, 0) is 18.1 Å². The molecule has 1 heterocycles. The molecule has 0 bridgehead atoms. The molecule has 2 amide bonds. The average Bonchev–Trinajstić information content (AvgIpc) is 2.86. The highest BCUT2D eigenvalue weighted by atomic mass is 31.2. The van der Waals surface area contributed by atoms with Crippen LogP contribution in [-0.4, -0.2) is 48.4 Å². The number of phosphoric acid groups is 1. The number of hydrogen-bond donors (Lipinski definition) is 0. The van der Waals surface area contributed by atoms with Crippen molar-refractivity contribution in [2.45, 2.75) is 33.7 Å². The highest BCUT2D eigenvalue weighted by Gasteiger charge is 2.42. The van der Waals surface area contributed by atoms with E-state index in [4.69, 9.17) is 13.6 Å². The number of carbonyl (C=O) groups is 2. The van der Waals surface area contributed by atoms with Gasteiger partial charge < -0.3 is 4.52 Å². The summed E-state index contributed by atoms with van der Waals surface area (Å²) in [5.74, 6) is -0.950. The molecule has 142 valence electrons. The molecule has 0 spiro atoms. The minimum Gasteiger partial charge on any atom is -0.388 e. The number of phosphoric ester groups is 1. The lowest BCUT2D eigenvalue weighted by Crippen LogP contribution is -2.43. The van der Waals surface area contributed by atoms with Crippen molar-refractivity contribution < 1.29 is 27.7 Å². The topological polar surface area (TPSA) is 94.5 Å². The second-order valence-corrected chi connectivity index (χ2v) is 6.98. The van der Waals surface area contributed by atoms with Crippen molar-refractivity contribution in [3.8, 4) is 0 Å². The van der Waals surface area contributed by atoms with Gasteiger partial charge in [0.25, 0.3) is 11.8 Å². The third-order valence-corrected chi connectivity index (χ3v) is 5.22. The van der Waals surface area contributed by atoms with Crippen molar-refractivity contribution in [3.63, 3.8) is 0 Å². The van der Waals surface area contributed by atoms with Crippen molar-refractivity contribution in [1.82, 2.24) is 4.90 Å². The van der Waals surface area contributed by atoms with Crippen LogP contribution in [0, 0.1) is 0 Å². The molecule has 0 aromatic heterocycles. The Kier molecular flexibility index (Phi) is 6.69. The van der Waals surface area contributed by atoms with Crippen LogP contribution in [0.3, 0.4) is 0 Å². The normalized spacial score (nSPS) is 16.0. The Balaban J connectivity index is 2.31. The van der Waals surface area contributed by atoms with E-state index in [1.807, 2.05) is 0 Å². The van der Waals surface area contributed by atoms with Gasteiger partial charge in [-0.25, -0.2) is 4.57 Å². The number of amides is 2. The first-order valence-electron chi connectivity index (χ1n) is 8.48. The molecule has 1 aliphatic rings. The third kappa shape index (κ3) is 4.03. The summed E-state index contributed by atoms with van der Waals surface area (Å²) in [7, 11) is -3.89. The lowest BCUT2D eigenvalue weighted by molar-refractivity contribution is 0.0620. The predicted molar refractivity (Wildman–Crippen MR) is 96.3 cm³/mol. The Labute approximate surface area is 152 Å². The van der Waals surface area contributed by atoms with Gasteiger partial charge in [0, 0.05) is 6.54 Å². The Morgan fingerprint density at radius 2 is 1.58 bits per heavy atom. The van der Waals surface area contributed by atoms with E-state index >= 15 is 0 Å². The first-order valence-corrected chi connectivity index (χ1v) is 9.94. The molecule has 0 aliphatic carbocycles. The van der Waals surface area contributed by atoms with E-state index in [1.165, 1.54) is 0 Å². The van der Waals surface area contributed by atoms with Crippen LogP contribution in [0.4, 0.5) is 0 Å². The quantitative estimate of drug-likeness (QED) is 0.296. The zero-order chi connectivity index (χ0) is 19.3. The summed E-state index contributed by atoms with van der Waals surface area (Å²) in [4.78, 5) is 30.5. The summed E-state index contributed by atoms with van der Waals surface area (Å²) < 4.78 is 28.3. The number of benzene rings is 1. The molecule has 0 saturated heterocycles. The van der Waals surface area contributed by atoms with E-state index in [2.05, 4.69) is 4.99 Å². The van der Waals surface area contributed by atoms with Crippen LogP contribution in [0.2, 0.25) is 0 Å². The number of hydrogen-bond acceptors (Lipinski definition) is 7. The molecular weight excluding hydrogens is 359 g/mol. The van der Waals surface area contributed by atoms with Crippen molar-refractivity contribution in [2.24, 2.45) is 4.99 Å². The fourth-order valence-corrected chi connectivity index (χ4v) is 3.84. The van der Waals surface area contributed by atoms with Gasteiger partial charge in [-0.3, -0.25) is 28.5 Å². The van der Waals surface area contributed by atoms with E-state index in [0.717, 1.165) is 4.90 Å². The second-order valence-electron chi connectivity index (χ2n) is 5.39. The maximum Gasteiger partial charge on any atom is 0.531 e. The summed E-state index contributed by atoms with van der Waals surface area (Å²) in [5.41, 5.74) is 0.635. The molecule has 0 N–H and O–H groups in total. The van der Waals surface area contributed by atoms with E-state index in [9.17, 15) is 14.2 Å². The molecule has 9 heteroatoms. The van der Waals surface area contributed by atoms with E-state index in [1.54, 1.807) is 52.0 Å². The zero-order valence-corrected chi connectivity index (χ0v) is 16.2. The number of aliphatic imine (C=N–C) groups is 1. The van der Waals surface area contributed by atoms with Crippen molar-refractivity contribution >= 4 is 25.5 Å². The van der Waals surface area contributed by atoms with Gasteiger partial charge >= 0.3 is 7.82 Å². The molecule has 0 fully saturated rings. The fourth-order valence-electron chi connectivity index (χ4n) is 2.58. The molecule has 1 atom stereocenters. The zero-order valence-electron chi connectivity index (χ0n) is 15.3. The van der Waals surface area contributed by atoms with Gasteiger partial charge in [0.05, 0.1) is 24.3 Å². The molecule has 0 radical (unpaired) electrons. The van der Waals surface area contributed by atoms with Gasteiger partial charge in [-0.1, -0.05) is 12.1 Å². The van der Waals surface area contributed by atoms with Gasteiger partial charge in [-0.15, -0.1) is 0 Å². The minimum absolute atomic E-state index is 0.0489. The van der Waals surface area contributed by atoms with E-state index < -0.39 is 25.7 Å². The number of imide groups is 1. The number of nitrogens with zero attached hydrogens (tertiary/aromatic N) is 2. The van der Waals surface area contributed by atoms with Crippen LogP contribution >= 0.6 is 7.82 Å². The van der Waals surface area contributed by atoms with Crippen LogP contribution in [0.1, 0.15) is 48.4 Å². The molecule has 8 nitrogen and oxygen atoms in total. The summed E-state index contributed by atoms with van der Waals surface area (Å²) >= 11 is 0. The van der Waals surface area contributed by atoms with Gasteiger partial charge in [0.2, 0.25) is 5.90 Å². The molecule has 1 aliphatic heterocycles. The Morgan fingerprint density at radius 1 is 1.08 bits per heavy atom. The van der Waals surface area contributed by atoms with Gasteiger partial charge in [-0.2, -0.15) is 0 Å². The Morgan fingerprint density at radius 3 is 2.00 bits per heavy atom. The molecule has 1 unspecified atom stereocenters. The smallest absolute Gasteiger partial charge is 0.388 e. The molecule has 1 aromatic rings. The van der Waals surface area contributed by atoms with Crippen molar-refractivity contribution in [2.75, 3.05) is 19.8 Å². The lowest BCUT2D eigenvalue weighted by atomic mass is 10.1. The molecular formula is C17H23N2O6P. The van der Waals surface area contributed by atoms with Crippen LogP contribution in [0.25, 0.3) is 0 Å². The highest BCUT2D eigenvalue weighted by molar-refractivity contribution is 7.49. The second kappa shape index (κ2) is 8.58. The van der Waals surface area contributed by atoms with Crippen molar-refractivity contribution in [3.05, 3.63) is 35.4 Å². The Hall–Kier alpha value is -2.02. The minimum atomic E-state index is -3.89. The molecule has 0 saturated carbocycles. The SMILES string of the molecule is CCN=C(OP(=O)(OCC)OCC)C(C)N1C(=O)c2ccccc2C1=O. The van der Waals surface area contributed by atoms with Crippen molar-refractivity contribution in [1.29, 1.82) is 0 Å². The summed E-state index contributed by atoms with van der Waals surface area (Å²) in [5, 5.41) is 0. The van der Waals surface area contributed by atoms with Gasteiger partial charge in [0.1, 0.15) is 6.04 Å². The maximum absolute atomic E-state index is 12.7. The van der Waals surface area contributed by atoms with Gasteiger partial charge in [-0.05, 0) is 39.8 Å². The maximum atomic E-state index is 12.7. The van der Waals surface area contributed by atoms with Crippen LogP contribution < -0.4 is 0 Å². The first kappa shape index (κ1) is 20.3. The molecule has 1 aromatic carbocycles. The number of carbonyl (C=O) groups excluding carboxylic acids is 2. The van der Waals surface area contributed by atoms with Crippen LogP contribution in [0.15, 0.2) is 29.3 Å².